The number of esters is 2. The van der Waals surface area contributed by atoms with Crippen LogP contribution in [0, 0.1) is 0 Å². The fourth-order valence-electron chi connectivity index (χ4n) is 3.56. The lowest BCUT2D eigenvalue weighted by Crippen LogP contribution is -3.00. The van der Waals surface area contributed by atoms with E-state index in [1.54, 1.807) is 0 Å². The molecule has 6 nitrogen and oxygen atoms in total. The largest absolute Gasteiger partial charge is 1.00 e. The standard InChI is InChI=1S/C16H32N2O4.2HI/c1-11(19)21-14-10-9-13(17(3,4)5)16(22-12(2)20)15(14)18(6,7)8;;/h13-16H,9-10H2,1-8H3;2*1H/q+2;;/p-2. The Kier molecular flexibility index (Phi) is 10.9. The second kappa shape index (κ2) is 9.86. The van der Waals surface area contributed by atoms with Gasteiger partial charge < -0.3 is 66.4 Å². The summed E-state index contributed by atoms with van der Waals surface area (Å²) < 4.78 is 12.6. The van der Waals surface area contributed by atoms with Gasteiger partial charge in [-0.15, -0.1) is 0 Å². The maximum atomic E-state index is 11.6. The second-order valence-corrected chi connectivity index (χ2v) is 8.09. The molecule has 1 aliphatic carbocycles. The fraction of sp³-hybridized carbons (Fsp3) is 0.875. The Morgan fingerprint density at radius 2 is 1.25 bits per heavy atom. The molecule has 144 valence electrons. The summed E-state index contributed by atoms with van der Waals surface area (Å²) in [5.41, 5.74) is 0. The third kappa shape index (κ3) is 7.28. The lowest BCUT2D eigenvalue weighted by molar-refractivity contribution is -0.931. The van der Waals surface area contributed by atoms with Crippen molar-refractivity contribution in [2.75, 3.05) is 42.3 Å². The van der Waals surface area contributed by atoms with Crippen LogP contribution in [0.3, 0.4) is 0 Å². The van der Waals surface area contributed by atoms with Gasteiger partial charge >= 0.3 is 11.9 Å². The highest BCUT2D eigenvalue weighted by atomic mass is 127. The van der Waals surface area contributed by atoms with Gasteiger partial charge in [0, 0.05) is 20.3 Å². The van der Waals surface area contributed by atoms with Crippen LogP contribution in [0.5, 0.6) is 0 Å². The Labute approximate surface area is 180 Å². The first kappa shape index (κ1) is 26.5. The van der Waals surface area contributed by atoms with E-state index in [0.29, 0.717) is 8.97 Å². The normalized spacial score (nSPS) is 27.3. The molecule has 0 spiro atoms. The lowest BCUT2D eigenvalue weighted by Gasteiger charge is -2.50. The minimum absolute atomic E-state index is 0. The number of likely N-dealkylation sites (N-methyl/N-ethyl adjacent to an activating group) is 2. The Balaban J connectivity index is 0. The second-order valence-electron chi connectivity index (χ2n) is 8.09. The third-order valence-electron chi connectivity index (χ3n) is 4.35. The van der Waals surface area contributed by atoms with E-state index in [9.17, 15) is 9.59 Å². The molecule has 1 fully saturated rings. The number of halogens is 2. The molecule has 24 heavy (non-hydrogen) atoms. The SMILES string of the molecule is CC(=O)OC1CCC([N+](C)(C)C)C(OC(C)=O)C1[N+](C)(C)C.[I-].[I-]. The number of hydrogen-bond acceptors (Lipinski definition) is 4. The summed E-state index contributed by atoms with van der Waals surface area (Å²) >= 11 is 0. The zero-order chi connectivity index (χ0) is 17.3. The van der Waals surface area contributed by atoms with Gasteiger partial charge in [-0.3, -0.25) is 9.59 Å². The number of nitrogens with zero attached hydrogens (tertiary/aromatic N) is 2. The maximum Gasteiger partial charge on any atom is 0.303 e. The smallest absolute Gasteiger partial charge is 0.303 e. The average Bonchev–Trinajstić information content (AvgIpc) is 2.23. The average molecular weight is 570 g/mol. The van der Waals surface area contributed by atoms with Gasteiger partial charge in [0.1, 0.15) is 6.04 Å². The van der Waals surface area contributed by atoms with Crippen LogP contribution in [0.1, 0.15) is 26.7 Å². The number of quaternary nitrogens is 2. The van der Waals surface area contributed by atoms with E-state index >= 15 is 0 Å². The molecule has 0 saturated heterocycles. The van der Waals surface area contributed by atoms with E-state index in [1.807, 2.05) is 0 Å². The monoisotopic (exact) mass is 570 g/mol. The quantitative estimate of drug-likeness (QED) is 0.193. The van der Waals surface area contributed by atoms with Gasteiger partial charge in [0.15, 0.2) is 12.1 Å². The predicted octanol–water partition coefficient (Wildman–Crippen LogP) is -5.20. The van der Waals surface area contributed by atoms with Crippen LogP contribution in [0.15, 0.2) is 0 Å². The number of rotatable bonds is 4. The number of hydrogen-bond donors (Lipinski definition) is 0. The van der Waals surface area contributed by atoms with Gasteiger partial charge in [0.2, 0.25) is 6.10 Å². The molecular weight excluding hydrogens is 538 g/mol. The van der Waals surface area contributed by atoms with Crippen molar-refractivity contribution in [3.8, 4) is 0 Å². The van der Waals surface area contributed by atoms with Crippen molar-refractivity contribution < 1.29 is 76.0 Å². The molecule has 1 aliphatic rings. The fourth-order valence-corrected chi connectivity index (χ4v) is 3.56. The van der Waals surface area contributed by atoms with E-state index in [1.165, 1.54) is 13.8 Å². The number of carbonyl (C=O) groups excluding carboxylic acids is 2. The van der Waals surface area contributed by atoms with Crippen LogP contribution < -0.4 is 48.0 Å². The molecule has 0 bridgehead atoms. The molecule has 0 heterocycles. The summed E-state index contributed by atoms with van der Waals surface area (Å²) in [5.74, 6) is -0.570. The summed E-state index contributed by atoms with van der Waals surface area (Å²) in [6.45, 7) is 2.87. The van der Waals surface area contributed by atoms with Crippen LogP contribution in [0.25, 0.3) is 0 Å². The van der Waals surface area contributed by atoms with Gasteiger partial charge in [-0.1, -0.05) is 0 Å². The molecule has 0 aliphatic heterocycles. The van der Waals surface area contributed by atoms with Gasteiger partial charge in [0.25, 0.3) is 0 Å². The van der Waals surface area contributed by atoms with Crippen molar-refractivity contribution in [2.24, 2.45) is 0 Å². The van der Waals surface area contributed by atoms with E-state index in [-0.39, 0.29) is 84.2 Å². The van der Waals surface area contributed by atoms with Gasteiger partial charge in [0.05, 0.1) is 42.3 Å². The molecule has 1 rings (SSSR count). The maximum absolute atomic E-state index is 11.6. The Bertz CT molecular complexity index is 433. The summed E-state index contributed by atoms with van der Waals surface area (Å²) in [7, 11) is 12.5. The first-order valence-corrected chi connectivity index (χ1v) is 7.80. The van der Waals surface area contributed by atoms with E-state index in [0.717, 1.165) is 12.8 Å². The van der Waals surface area contributed by atoms with Crippen molar-refractivity contribution in [3.05, 3.63) is 0 Å². The molecule has 0 amide bonds. The first-order chi connectivity index (χ1) is 9.84. The molecule has 0 aromatic heterocycles. The highest BCUT2D eigenvalue weighted by molar-refractivity contribution is 5.67. The minimum atomic E-state index is -0.287. The lowest BCUT2D eigenvalue weighted by atomic mass is 9.82. The summed E-state index contributed by atoms with van der Waals surface area (Å²) in [4.78, 5) is 23.1. The number of ether oxygens (including phenoxy) is 2. The summed E-state index contributed by atoms with van der Waals surface area (Å²) in [5, 5.41) is 0. The van der Waals surface area contributed by atoms with Crippen molar-refractivity contribution in [3.63, 3.8) is 0 Å². The van der Waals surface area contributed by atoms with Crippen molar-refractivity contribution in [1.82, 2.24) is 0 Å². The van der Waals surface area contributed by atoms with Crippen molar-refractivity contribution in [1.29, 1.82) is 0 Å². The Morgan fingerprint density at radius 3 is 1.58 bits per heavy atom. The third-order valence-corrected chi connectivity index (χ3v) is 4.35. The Hall–Kier alpha value is 0.320. The van der Waals surface area contributed by atoms with Crippen LogP contribution in [0.2, 0.25) is 0 Å². The van der Waals surface area contributed by atoms with Crippen LogP contribution in [-0.4, -0.2) is 87.5 Å². The molecule has 0 N–H and O–H groups in total. The van der Waals surface area contributed by atoms with E-state index in [2.05, 4.69) is 42.3 Å². The highest BCUT2D eigenvalue weighted by Gasteiger charge is 2.54. The molecule has 8 heteroatoms. The van der Waals surface area contributed by atoms with E-state index in [4.69, 9.17) is 9.47 Å². The van der Waals surface area contributed by atoms with Crippen LogP contribution >= 0.6 is 0 Å². The molecule has 0 radical (unpaired) electrons. The predicted molar refractivity (Wildman–Crippen MR) is 84.0 cm³/mol. The summed E-state index contributed by atoms with van der Waals surface area (Å²) in [6, 6.07) is 0.0990. The highest BCUT2D eigenvalue weighted by Crippen LogP contribution is 2.34. The minimum Gasteiger partial charge on any atom is -1.00 e. The molecular formula is C16H32I2N2O4. The first-order valence-electron chi connectivity index (χ1n) is 7.80. The summed E-state index contributed by atoms with van der Waals surface area (Å²) in [6.07, 6.45) is 1.13. The molecule has 1 saturated carbocycles. The molecule has 4 atom stereocenters. The molecule has 4 unspecified atom stereocenters. The number of carbonyl (C=O) groups is 2. The van der Waals surface area contributed by atoms with Crippen LogP contribution in [-0.2, 0) is 19.1 Å². The van der Waals surface area contributed by atoms with Crippen molar-refractivity contribution in [2.45, 2.75) is 51.0 Å². The zero-order valence-corrected chi connectivity index (χ0v) is 20.3. The Morgan fingerprint density at radius 1 is 0.792 bits per heavy atom. The molecule has 0 aromatic rings. The topological polar surface area (TPSA) is 52.6 Å². The van der Waals surface area contributed by atoms with Gasteiger partial charge in [-0.25, -0.2) is 0 Å². The van der Waals surface area contributed by atoms with Crippen molar-refractivity contribution >= 4 is 11.9 Å². The zero-order valence-electron chi connectivity index (χ0n) is 16.0. The molecule has 0 aromatic carbocycles. The van der Waals surface area contributed by atoms with Gasteiger partial charge in [-0.2, -0.15) is 0 Å². The van der Waals surface area contributed by atoms with E-state index < -0.39 is 0 Å². The van der Waals surface area contributed by atoms with Gasteiger partial charge in [-0.05, 0) is 6.42 Å². The van der Waals surface area contributed by atoms with Crippen LogP contribution in [0.4, 0.5) is 0 Å².